The molecule has 0 aliphatic heterocycles. The smallest absolute Gasteiger partial charge is 0.0578 e. The highest BCUT2D eigenvalue weighted by Gasteiger charge is 2.19. The zero-order valence-electron chi connectivity index (χ0n) is 8.81. The average molecular weight is 199 g/mol. The normalized spacial score (nSPS) is 29.2. The van der Waals surface area contributed by atoms with Gasteiger partial charge < -0.3 is 0 Å². The maximum Gasteiger partial charge on any atom is 0.0578 e. The van der Waals surface area contributed by atoms with E-state index < -0.39 is 0 Å². The van der Waals surface area contributed by atoms with Crippen molar-refractivity contribution in [3.63, 3.8) is 0 Å². The highest BCUT2D eigenvalue weighted by Crippen LogP contribution is 2.31. The van der Waals surface area contributed by atoms with Crippen molar-refractivity contribution in [2.24, 2.45) is 5.92 Å². The molecule has 1 rings (SSSR count). The molecule has 0 aromatic carbocycles. The lowest BCUT2D eigenvalue weighted by Gasteiger charge is -2.19. The largest absolute Gasteiger partial charge is 0.118 e. The summed E-state index contributed by atoms with van der Waals surface area (Å²) in [7, 11) is 0. The van der Waals surface area contributed by atoms with Crippen LogP contribution in [0.25, 0.3) is 0 Å². The molecule has 0 saturated heterocycles. The Bertz CT molecular complexity index is 225. The summed E-state index contributed by atoms with van der Waals surface area (Å²) >= 11 is 6.25. The van der Waals surface area contributed by atoms with Gasteiger partial charge in [-0.05, 0) is 25.7 Å². The van der Waals surface area contributed by atoms with Crippen LogP contribution in [0.5, 0.6) is 0 Å². The van der Waals surface area contributed by atoms with Crippen molar-refractivity contribution >= 4 is 11.6 Å². The van der Waals surface area contributed by atoms with E-state index in [0.29, 0.717) is 5.92 Å². The van der Waals surface area contributed by atoms with Crippen molar-refractivity contribution in [3.05, 3.63) is 23.3 Å². The molecule has 1 aliphatic rings. The highest BCUT2D eigenvalue weighted by molar-refractivity contribution is 6.22. The molecule has 2 atom stereocenters. The minimum absolute atomic E-state index is 0.194. The van der Waals surface area contributed by atoms with Crippen LogP contribution in [0.1, 0.15) is 40.0 Å². The Hall–Kier alpha value is -0.230. The van der Waals surface area contributed by atoms with Gasteiger partial charge >= 0.3 is 0 Å². The molecule has 0 radical (unpaired) electrons. The standard InChI is InChI=1S/C12H19Cl/c1-4-6-11-9(2)7-5-8-12(13)10(11)3/h5,8,10,12H,4,6-7H2,1-3H3. The van der Waals surface area contributed by atoms with Crippen molar-refractivity contribution < 1.29 is 0 Å². The van der Waals surface area contributed by atoms with Gasteiger partial charge in [0.2, 0.25) is 0 Å². The molecule has 74 valence electrons. The number of rotatable bonds is 2. The summed E-state index contributed by atoms with van der Waals surface area (Å²) < 4.78 is 0. The van der Waals surface area contributed by atoms with Crippen molar-refractivity contribution in [1.29, 1.82) is 0 Å². The predicted molar refractivity (Wildman–Crippen MR) is 60.2 cm³/mol. The van der Waals surface area contributed by atoms with Gasteiger partial charge in [0.05, 0.1) is 5.38 Å². The maximum atomic E-state index is 6.25. The summed E-state index contributed by atoms with van der Waals surface area (Å²) in [5.41, 5.74) is 3.10. The van der Waals surface area contributed by atoms with E-state index in [2.05, 4.69) is 32.9 Å². The van der Waals surface area contributed by atoms with Gasteiger partial charge in [0, 0.05) is 0 Å². The Morgan fingerprint density at radius 2 is 2.23 bits per heavy atom. The first kappa shape index (κ1) is 10.8. The monoisotopic (exact) mass is 198 g/mol. The minimum atomic E-state index is 0.194. The second-order valence-corrected chi connectivity index (χ2v) is 4.42. The second kappa shape index (κ2) is 4.85. The Morgan fingerprint density at radius 3 is 2.85 bits per heavy atom. The minimum Gasteiger partial charge on any atom is -0.118 e. The van der Waals surface area contributed by atoms with Crippen LogP contribution >= 0.6 is 11.6 Å². The first-order valence-corrected chi connectivity index (χ1v) is 5.59. The number of halogens is 1. The third-order valence-electron chi connectivity index (χ3n) is 2.84. The first-order valence-electron chi connectivity index (χ1n) is 5.16. The molecule has 0 heterocycles. The third kappa shape index (κ3) is 2.60. The van der Waals surface area contributed by atoms with Crippen LogP contribution in [0.4, 0.5) is 0 Å². The van der Waals surface area contributed by atoms with Gasteiger partial charge in [-0.25, -0.2) is 0 Å². The molecule has 0 aromatic heterocycles. The van der Waals surface area contributed by atoms with E-state index >= 15 is 0 Å². The van der Waals surface area contributed by atoms with E-state index in [1.54, 1.807) is 5.57 Å². The number of allylic oxidation sites excluding steroid dienone is 4. The van der Waals surface area contributed by atoms with Crippen LogP contribution in [0, 0.1) is 5.92 Å². The van der Waals surface area contributed by atoms with E-state index in [0.717, 1.165) is 6.42 Å². The lowest BCUT2D eigenvalue weighted by atomic mass is 9.91. The first-order chi connectivity index (χ1) is 6.16. The van der Waals surface area contributed by atoms with Crippen molar-refractivity contribution in [2.75, 3.05) is 0 Å². The molecule has 13 heavy (non-hydrogen) atoms. The summed E-state index contributed by atoms with van der Waals surface area (Å²) in [4.78, 5) is 0. The Labute approximate surface area is 86.7 Å². The zero-order valence-corrected chi connectivity index (χ0v) is 9.56. The Morgan fingerprint density at radius 1 is 1.54 bits per heavy atom. The predicted octanol–water partition coefficient (Wildman–Crippen LogP) is 4.31. The average Bonchev–Trinajstić information content (AvgIpc) is 2.21. The lowest BCUT2D eigenvalue weighted by molar-refractivity contribution is 0.649. The molecule has 0 amide bonds. The molecule has 0 N–H and O–H groups in total. The SMILES string of the molecule is CCCC1=C(C)CC=CC(Cl)C1C. The summed E-state index contributed by atoms with van der Waals surface area (Å²) in [6.07, 6.45) is 7.85. The fourth-order valence-corrected chi connectivity index (χ4v) is 2.22. The molecule has 0 saturated carbocycles. The van der Waals surface area contributed by atoms with E-state index in [9.17, 15) is 0 Å². The van der Waals surface area contributed by atoms with Crippen LogP contribution in [0.3, 0.4) is 0 Å². The van der Waals surface area contributed by atoms with Gasteiger partial charge in [0.25, 0.3) is 0 Å². The van der Waals surface area contributed by atoms with Crippen molar-refractivity contribution in [3.8, 4) is 0 Å². The Kier molecular flexibility index (Phi) is 4.05. The third-order valence-corrected chi connectivity index (χ3v) is 3.36. The quantitative estimate of drug-likeness (QED) is 0.458. The van der Waals surface area contributed by atoms with Gasteiger partial charge in [-0.1, -0.05) is 43.6 Å². The number of hydrogen-bond donors (Lipinski definition) is 0. The van der Waals surface area contributed by atoms with Crippen LogP contribution < -0.4 is 0 Å². The van der Waals surface area contributed by atoms with Gasteiger partial charge in [-0.2, -0.15) is 0 Å². The van der Waals surface area contributed by atoms with Crippen molar-refractivity contribution in [2.45, 2.75) is 45.4 Å². The summed E-state index contributed by atoms with van der Waals surface area (Å²) in [6.45, 7) is 6.71. The number of alkyl halides is 1. The Balaban J connectivity index is 2.85. The van der Waals surface area contributed by atoms with Crippen LogP contribution in [0.15, 0.2) is 23.3 Å². The van der Waals surface area contributed by atoms with E-state index in [4.69, 9.17) is 11.6 Å². The summed E-state index contributed by atoms with van der Waals surface area (Å²) in [6, 6.07) is 0. The van der Waals surface area contributed by atoms with E-state index in [1.165, 1.54) is 18.4 Å². The molecule has 1 heteroatoms. The molecular weight excluding hydrogens is 180 g/mol. The topological polar surface area (TPSA) is 0 Å². The fraction of sp³-hybridized carbons (Fsp3) is 0.667. The summed E-state index contributed by atoms with van der Waals surface area (Å²) in [5, 5.41) is 0.194. The van der Waals surface area contributed by atoms with Crippen molar-refractivity contribution in [1.82, 2.24) is 0 Å². The van der Waals surface area contributed by atoms with Gasteiger partial charge in [0.1, 0.15) is 0 Å². The molecule has 0 aromatic rings. The highest BCUT2D eigenvalue weighted by atomic mass is 35.5. The fourth-order valence-electron chi connectivity index (χ4n) is 1.96. The zero-order chi connectivity index (χ0) is 9.84. The molecule has 0 nitrogen and oxygen atoms in total. The van der Waals surface area contributed by atoms with E-state index in [1.807, 2.05) is 0 Å². The maximum absolute atomic E-state index is 6.25. The number of hydrogen-bond acceptors (Lipinski definition) is 0. The lowest BCUT2D eigenvalue weighted by Crippen LogP contribution is -2.11. The molecule has 2 unspecified atom stereocenters. The second-order valence-electron chi connectivity index (χ2n) is 3.92. The molecule has 0 fully saturated rings. The molecule has 0 spiro atoms. The van der Waals surface area contributed by atoms with Crippen LogP contribution in [-0.4, -0.2) is 5.38 Å². The molecule has 0 bridgehead atoms. The van der Waals surface area contributed by atoms with Gasteiger partial charge in [-0.3, -0.25) is 0 Å². The molecule has 1 aliphatic carbocycles. The van der Waals surface area contributed by atoms with E-state index in [-0.39, 0.29) is 5.38 Å². The molecular formula is C12H19Cl. The van der Waals surface area contributed by atoms with Crippen LogP contribution in [0.2, 0.25) is 0 Å². The van der Waals surface area contributed by atoms with Gasteiger partial charge in [0.15, 0.2) is 0 Å². The van der Waals surface area contributed by atoms with Gasteiger partial charge in [-0.15, -0.1) is 11.6 Å². The summed E-state index contributed by atoms with van der Waals surface area (Å²) in [5.74, 6) is 0.514. The van der Waals surface area contributed by atoms with Crippen LogP contribution in [-0.2, 0) is 0 Å².